The number of hydrogen-bond donors (Lipinski definition) is 0. The van der Waals surface area contributed by atoms with Crippen LogP contribution in [0.4, 0.5) is 0 Å². The molecule has 4 rings (SSSR count). The van der Waals surface area contributed by atoms with Crippen LogP contribution in [0, 0.1) is 12.3 Å². The van der Waals surface area contributed by atoms with Crippen molar-refractivity contribution in [1.82, 2.24) is 14.3 Å². The second-order valence-corrected chi connectivity index (χ2v) is 10.1. The number of carbonyl (C=O) groups excluding carboxylic acids is 1. The second-order valence-electron chi connectivity index (χ2n) is 9.25. The van der Waals surface area contributed by atoms with Crippen molar-refractivity contribution in [3.63, 3.8) is 0 Å². The first-order valence-corrected chi connectivity index (χ1v) is 11.5. The highest BCUT2D eigenvalue weighted by Gasteiger charge is 2.22. The minimum Gasteiger partial charge on any atom is -0.467 e. The number of furan rings is 1. The number of imidazole rings is 1. The molecule has 0 atom stereocenters. The highest BCUT2D eigenvalue weighted by Crippen LogP contribution is 2.25. The smallest absolute Gasteiger partial charge is 0.223 e. The van der Waals surface area contributed by atoms with Crippen LogP contribution in [0.1, 0.15) is 44.2 Å². The van der Waals surface area contributed by atoms with E-state index in [0.29, 0.717) is 19.5 Å². The zero-order valence-corrected chi connectivity index (χ0v) is 19.4. The van der Waals surface area contributed by atoms with Crippen LogP contribution in [0.15, 0.2) is 58.7 Å². The van der Waals surface area contributed by atoms with Gasteiger partial charge in [-0.05, 0) is 24.5 Å². The van der Waals surface area contributed by atoms with Crippen LogP contribution in [0.5, 0.6) is 0 Å². The Kier molecular flexibility index (Phi) is 6.01. The first kappa shape index (κ1) is 21.4. The van der Waals surface area contributed by atoms with Gasteiger partial charge in [-0.15, -0.1) is 11.3 Å². The summed E-state index contributed by atoms with van der Waals surface area (Å²) in [7, 11) is 0. The Morgan fingerprint density at radius 3 is 2.65 bits per heavy atom. The van der Waals surface area contributed by atoms with Crippen LogP contribution in [0.25, 0.3) is 16.2 Å². The van der Waals surface area contributed by atoms with Gasteiger partial charge in [0.15, 0.2) is 4.96 Å². The van der Waals surface area contributed by atoms with E-state index in [1.165, 1.54) is 11.3 Å². The summed E-state index contributed by atoms with van der Waals surface area (Å²) in [5.74, 6) is 0.961. The second kappa shape index (κ2) is 8.71. The molecule has 162 valence electrons. The molecule has 0 saturated heterocycles. The third-order valence-corrected chi connectivity index (χ3v) is 6.12. The van der Waals surface area contributed by atoms with Crippen molar-refractivity contribution in [2.24, 2.45) is 5.41 Å². The number of thiazole rings is 1. The van der Waals surface area contributed by atoms with Gasteiger partial charge in [-0.1, -0.05) is 50.6 Å². The molecule has 4 aromatic rings. The largest absolute Gasteiger partial charge is 0.467 e. The van der Waals surface area contributed by atoms with Crippen molar-refractivity contribution >= 4 is 22.2 Å². The molecular weight excluding hydrogens is 406 g/mol. The monoisotopic (exact) mass is 435 g/mol. The first-order valence-electron chi connectivity index (χ1n) is 10.6. The lowest BCUT2D eigenvalue weighted by atomic mass is 9.91. The molecule has 0 N–H and O–H groups in total. The van der Waals surface area contributed by atoms with Crippen LogP contribution in [-0.2, 0) is 17.8 Å². The van der Waals surface area contributed by atoms with E-state index < -0.39 is 0 Å². The van der Waals surface area contributed by atoms with Crippen molar-refractivity contribution in [2.45, 2.75) is 47.1 Å². The third-order valence-electron chi connectivity index (χ3n) is 5.23. The molecule has 3 aromatic heterocycles. The normalized spacial score (nSPS) is 11.9. The Bertz CT molecular complexity index is 1150. The summed E-state index contributed by atoms with van der Waals surface area (Å²) in [5, 5.41) is 2.14. The lowest BCUT2D eigenvalue weighted by Crippen LogP contribution is -2.34. The van der Waals surface area contributed by atoms with Crippen molar-refractivity contribution in [3.05, 3.63) is 71.3 Å². The lowest BCUT2D eigenvalue weighted by molar-refractivity contribution is -0.134. The van der Waals surface area contributed by atoms with Crippen LogP contribution < -0.4 is 0 Å². The summed E-state index contributed by atoms with van der Waals surface area (Å²) in [6, 6.07) is 12.2. The van der Waals surface area contributed by atoms with Gasteiger partial charge in [0.1, 0.15) is 5.76 Å². The summed E-state index contributed by atoms with van der Waals surface area (Å²) in [5.41, 5.74) is 4.44. The van der Waals surface area contributed by atoms with Crippen molar-refractivity contribution < 1.29 is 9.21 Å². The van der Waals surface area contributed by atoms with Gasteiger partial charge in [0.25, 0.3) is 0 Å². The predicted molar refractivity (Wildman–Crippen MR) is 125 cm³/mol. The van der Waals surface area contributed by atoms with E-state index in [-0.39, 0.29) is 11.3 Å². The predicted octanol–water partition coefficient (Wildman–Crippen LogP) is 5.97. The Labute approximate surface area is 187 Å². The fourth-order valence-electron chi connectivity index (χ4n) is 3.57. The van der Waals surface area contributed by atoms with Crippen LogP contribution in [0.2, 0.25) is 0 Å². The molecule has 0 aliphatic carbocycles. The zero-order chi connectivity index (χ0) is 22.0. The van der Waals surface area contributed by atoms with Crippen molar-refractivity contribution in [1.29, 1.82) is 0 Å². The number of aryl methyl sites for hydroxylation is 1. The summed E-state index contributed by atoms with van der Waals surface area (Å²) in [6.07, 6.45) is 5.03. The summed E-state index contributed by atoms with van der Waals surface area (Å²) in [4.78, 5) is 20.7. The number of benzene rings is 1. The number of fused-ring (bicyclic) bond motifs is 1. The summed E-state index contributed by atoms with van der Waals surface area (Å²) >= 11 is 1.64. The van der Waals surface area contributed by atoms with E-state index in [1.807, 2.05) is 17.0 Å². The molecule has 0 fully saturated rings. The van der Waals surface area contributed by atoms with Crippen molar-refractivity contribution in [3.8, 4) is 11.3 Å². The minimum absolute atomic E-state index is 0.0541. The Balaban J connectivity index is 1.52. The molecule has 31 heavy (non-hydrogen) atoms. The number of amides is 1. The van der Waals surface area contributed by atoms with Gasteiger partial charge in [0, 0.05) is 42.2 Å². The zero-order valence-electron chi connectivity index (χ0n) is 18.6. The Morgan fingerprint density at radius 1 is 1.19 bits per heavy atom. The number of hydrogen-bond acceptors (Lipinski definition) is 4. The molecule has 0 spiro atoms. The fourth-order valence-corrected chi connectivity index (χ4v) is 4.48. The average molecular weight is 436 g/mol. The molecule has 0 saturated carbocycles. The molecule has 1 amide bonds. The Morgan fingerprint density at radius 2 is 1.97 bits per heavy atom. The van der Waals surface area contributed by atoms with E-state index in [0.717, 1.165) is 28.4 Å². The summed E-state index contributed by atoms with van der Waals surface area (Å²) in [6.45, 7) is 9.50. The van der Waals surface area contributed by atoms with E-state index in [2.05, 4.69) is 67.9 Å². The highest BCUT2D eigenvalue weighted by atomic mass is 32.1. The minimum atomic E-state index is -0.0541. The molecule has 0 aliphatic heterocycles. The van der Waals surface area contributed by atoms with Crippen LogP contribution in [-0.4, -0.2) is 26.7 Å². The van der Waals surface area contributed by atoms with E-state index >= 15 is 0 Å². The average Bonchev–Trinajstić information content (AvgIpc) is 3.42. The molecule has 5 nitrogen and oxygen atoms in total. The van der Waals surface area contributed by atoms with Gasteiger partial charge < -0.3 is 9.32 Å². The fraction of sp³-hybridized carbons (Fsp3) is 0.360. The molecule has 1 aromatic carbocycles. The number of nitrogens with zero attached hydrogens (tertiary/aromatic N) is 3. The van der Waals surface area contributed by atoms with E-state index in [9.17, 15) is 4.79 Å². The van der Waals surface area contributed by atoms with Gasteiger partial charge in [0.05, 0.1) is 18.5 Å². The topological polar surface area (TPSA) is 50.8 Å². The molecular formula is C25H29N3O2S. The number of aromatic nitrogens is 2. The number of carbonyl (C=O) groups is 1. The number of rotatable bonds is 7. The highest BCUT2D eigenvalue weighted by molar-refractivity contribution is 7.15. The van der Waals surface area contributed by atoms with E-state index in [1.54, 1.807) is 17.6 Å². The van der Waals surface area contributed by atoms with Gasteiger partial charge in [-0.2, -0.15) is 0 Å². The first-order chi connectivity index (χ1) is 14.8. The molecule has 0 bridgehead atoms. The molecule has 6 heteroatoms. The summed E-state index contributed by atoms with van der Waals surface area (Å²) < 4.78 is 7.66. The van der Waals surface area contributed by atoms with E-state index in [4.69, 9.17) is 9.40 Å². The van der Waals surface area contributed by atoms with Crippen LogP contribution >= 0.6 is 11.3 Å². The quantitative estimate of drug-likeness (QED) is 0.359. The molecule has 0 unspecified atom stereocenters. The van der Waals surface area contributed by atoms with Gasteiger partial charge in [-0.3, -0.25) is 9.20 Å². The van der Waals surface area contributed by atoms with Crippen molar-refractivity contribution in [2.75, 3.05) is 6.54 Å². The van der Waals surface area contributed by atoms with Gasteiger partial charge in [-0.25, -0.2) is 4.98 Å². The molecule has 0 aliphatic rings. The van der Waals surface area contributed by atoms with Crippen LogP contribution in [0.3, 0.4) is 0 Å². The molecule has 3 heterocycles. The maximum Gasteiger partial charge on any atom is 0.223 e. The van der Waals surface area contributed by atoms with Gasteiger partial charge in [0.2, 0.25) is 5.91 Å². The SMILES string of the molecule is Cc1ccc(-c2cn3c(CCN(Cc4ccco4)C(=O)CC(C)(C)C)csc3n2)cc1. The maximum absolute atomic E-state index is 13.0. The maximum atomic E-state index is 13.0. The Hall–Kier alpha value is -2.86. The standard InChI is InChI=1S/C25H29N3O2S/c1-18-7-9-19(10-8-18)22-16-28-20(17-31-24(28)26-22)11-12-27(15-21-6-5-13-30-21)23(29)14-25(2,3)4/h5-10,13,16-17H,11-12,14-15H2,1-4H3. The third kappa shape index (κ3) is 5.25. The van der Waals surface area contributed by atoms with Gasteiger partial charge >= 0.3 is 0 Å². The molecule has 0 radical (unpaired) electrons. The lowest BCUT2D eigenvalue weighted by Gasteiger charge is -2.26.